The maximum absolute atomic E-state index is 12.5. The summed E-state index contributed by atoms with van der Waals surface area (Å²) in [6.45, 7) is 1.91. The molecule has 3 aromatic rings. The average Bonchev–Trinajstić information content (AvgIpc) is 3.07. The van der Waals surface area contributed by atoms with Crippen molar-refractivity contribution in [2.45, 2.75) is 12.8 Å². The summed E-state index contributed by atoms with van der Waals surface area (Å²) in [6.07, 6.45) is 5.37. The van der Waals surface area contributed by atoms with Gasteiger partial charge in [0.2, 0.25) is 5.91 Å². The van der Waals surface area contributed by atoms with Crippen LogP contribution in [0.3, 0.4) is 0 Å². The highest BCUT2D eigenvalue weighted by atomic mass is 16.2. The van der Waals surface area contributed by atoms with Crippen LogP contribution in [0.1, 0.15) is 12.8 Å². The fraction of sp³-hybridized carbons (Fsp3) is 0.368. The smallest absolute Gasteiger partial charge is 0.228 e. The Labute approximate surface area is 152 Å². The van der Waals surface area contributed by atoms with Gasteiger partial charge in [0.15, 0.2) is 5.82 Å². The molecule has 3 heterocycles. The molecular formula is C19H22N6O. The minimum Gasteiger partial charge on any atom is -0.334 e. The number of piperidine rings is 1. The number of amides is 1. The maximum Gasteiger partial charge on any atom is 0.228 e. The predicted molar refractivity (Wildman–Crippen MR) is 101 cm³/mol. The minimum atomic E-state index is 0.0366. The lowest BCUT2D eigenvalue weighted by Crippen LogP contribution is -2.36. The second-order valence-corrected chi connectivity index (χ2v) is 6.96. The zero-order chi connectivity index (χ0) is 18.1. The second kappa shape index (κ2) is 6.84. The highest BCUT2D eigenvalue weighted by molar-refractivity contribution is 5.94. The Morgan fingerprint density at radius 3 is 2.69 bits per heavy atom. The Hall–Kier alpha value is -2.80. The fourth-order valence-corrected chi connectivity index (χ4v) is 3.40. The van der Waals surface area contributed by atoms with Crippen molar-refractivity contribution in [3.8, 4) is 11.3 Å². The van der Waals surface area contributed by atoms with Crippen molar-refractivity contribution in [2.75, 3.05) is 25.5 Å². The van der Waals surface area contributed by atoms with Crippen LogP contribution in [0.25, 0.3) is 22.2 Å². The van der Waals surface area contributed by atoms with E-state index in [0.29, 0.717) is 5.82 Å². The van der Waals surface area contributed by atoms with Gasteiger partial charge < -0.3 is 14.8 Å². The van der Waals surface area contributed by atoms with Crippen LogP contribution < -0.4 is 5.32 Å². The number of hydrogen-bond donors (Lipinski definition) is 1. The van der Waals surface area contributed by atoms with Gasteiger partial charge in [0.25, 0.3) is 0 Å². The average molecular weight is 350 g/mol. The van der Waals surface area contributed by atoms with E-state index in [1.807, 2.05) is 42.1 Å². The first kappa shape index (κ1) is 16.7. The van der Waals surface area contributed by atoms with Gasteiger partial charge >= 0.3 is 0 Å². The molecule has 0 saturated carbocycles. The van der Waals surface area contributed by atoms with Crippen LogP contribution >= 0.6 is 0 Å². The van der Waals surface area contributed by atoms with Gasteiger partial charge in [-0.25, -0.2) is 4.98 Å². The zero-order valence-corrected chi connectivity index (χ0v) is 15.0. The van der Waals surface area contributed by atoms with E-state index in [1.54, 1.807) is 6.33 Å². The van der Waals surface area contributed by atoms with Crippen LogP contribution in [0.5, 0.6) is 0 Å². The van der Waals surface area contributed by atoms with Crippen LogP contribution in [0.2, 0.25) is 0 Å². The van der Waals surface area contributed by atoms with Gasteiger partial charge in [-0.05, 0) is 51.2 Å². The Morgan fingerprint density at radius 1 is 1.15 bits per heavy atom. The molecule has 1 amide bonds. The molecule has 134 valence electrons. The fourth-order valence-electron chi connectivity index (χ4n) is 3.40. The van der Waals surface area contributed by atoms with Crippen molar-refractivity contribution in [1.29, 1.82) is 0 Å². The Balaban J connectivity index is 1.56. The predicted octanol–water partition coefficient (Wildman–Crippen LogP) is 2.31. The number of rotatable bonds is 3. The van der Waals surface area contributed by atoms with E-state index >= 15 is 0 Å². The number of fused-ring (bicyclic) bond motifs is 1. The molecule has 1 aliphatic rings. The van der Waals surface area contributed by atoms with Crippen molar-refractivity contribution in [2.24, 2.45) is 13.0 Å². The lowest BCUT2D eigenvalue weighted by atomic mass is 9.96. The van der Waals surface area contributed by atoms with Crippen LogP contribution in [-0.4, -0.2) is 50.7 Å². The quantitative estimate of drug-likeness (QED) is 0.784. The standard InChI is InChI=1S/C19H22N6O/c1-24-7-5-13(6-8-24)19(26)21-18-10-15-9-14(3-4-16(15)22-23-18)17-11-20-12-25(17)2/h3-4,9-13H,5-8H2,1-2H3,(H,21,23,26). The molecule has 0 atom stereocenters. The van der Waals surface area contributed by atoms with Crippen molar-refractivity contribution in [1.82, 2.24) is 24.6 Å². The third-order valence-corrected chi connectivity index (χ3v) is 5.04. The SMILES string of the molecule is CN1CCC(C(=O)Nc2cc3cc(-c4cncn4C)ccc3nn2)CC1. The van der Waals surface area contributed by atoms with Crippen LogP contribution in [0, 0.1) is 5.92 Å². The van der Waals surface area contributed by atoms with Gasteiger partial charge in [-0.15, -0.1) is 10.2 Å². The van der Waals surface area contributed by atoms with E-state index in [4.69, 9.17) is 0 Å². The number of imidazole rings is 1. The molecular weight excluding hydrogens is 328 g/mol. The third-order valence-electron chi connectivity index (χ3n) is 5.04. The third kappa shape index (κ3) is 3.30. The van der Waals surface area contributed by atoms with Crippen molar-refractivity contribution >= 4 is 22.6 Å². The topological polar surface area (TPSA) is 75.9 Å². The molecule has 1 aromatic carbocycles. The summed E-state index contributed by atoms with van der Waals surface area (Å²) < 4.78 is 1.97. The molecule has 0 aliphatic carbocycles. The lowest BCUT2D eigenvalue weighted by Gasteiger charge is -2.27. The van der Waals surface area contributed by atoms with Gasteiger partial charge in [-0.2, -0.15) is 0 Å². The van der Waals surface area contributed by atoms with Gasteiger partial charge in [0.05, 0.1) is 23.7 Å². The summed E-state index contributed by atoms with van der Waals surface area (Å²) in [5.74, 6) is 0.586. The number of carbonyl (C=O) groups excluding carboxylic acids is 1. The first-order valence-electron chi connectivity index (χ1n) is 8.84. The number of aromatic nitrogens is 4. The van der Waals surface area contributed by atoms with E-state index in [1.165, 1.54) is 0 Å². The first-order chi connectivity index (χ1) is 12.6. The summed E-state index contributed by atoms with van der Waals surface area (Å²) in [7, 11) is 4.05. The molecule has 0 bridgehead atoms. The summed E-state index contributed by atoms with van der Waals surface area (Å²) >= 11 is 0. The summed E-state index contributed by atoms with van der Waals surface area (Å²) in [5.41, 5.74) is 2.88. The molecule has 1 fully saturated rings. The van der Waals surface area contributed by atoms with E-state index < -0.39 is 0 Å². The molecule has 7 nitrogen and oxygen atoms in total. The summed E-state index contributed by atoms with van der Waals surface area (Å²) in [4.78, 5) is 18.9. The van der Waals surface area contributed by atoms with Crippen molar-refractivity contribution < 1.29 is 4.79 Å². The number of anilines is 1. The maximum atomic E-state index is 12.5. The molecule has 0 unspecified atom stereocenters. The number of likely N-dealkylation sites (tertiary alicyclic amines) is 1. The molecule has 1 saturated heterocycles. The van der Waals surface area contributed by atoms with Crippen molar-refractivity contribution in [3.63, 3.8) is 0 Å². The number of nitrogens with zero attached hydrogens (tertiary/aromatic N) is 5. The largest absolute Gasteiger partial charge is 0.334 e. The Morgan fingerprint density at radius 2 is 1.96 bits per heavy atom. The number of aryl methyl sites for hydroxylation is 1. The number of benzene rings is 1. The number of carbonyl (C=O) groups is 1. The van der Waals surface area contributed by atoms with E-state index in [2.05, 4.69) is 32.4 Å². The van der Waals surface area contributed by atoms with Gasteiger partial charge in [-0.1, -0.05) is 6.07 Å². The molecule has 2 aromatic heterocycles. The van der Waals surface area contributed by atoms with Gasteiger partial charge in [-0.3, -0.25) is 4.79 Å². The highest BCUT2D eigenvalue weighted by Crippen LogP contribution is 2.24. The normalized spacial score (nSPS) is 16.1. The number of nitrogens with one attached hydrogen (secondary N) is 1. The Kier molecular flexibility index (Phi) is 4.38. The van der Waals surface area contributed by atoms with Crippen molar-refractivity contribution in [3.05, 3.63) is 36.8 Å². The number of hydrogen-bond acceptors (Lipinski definition) is 5. The van der Waals surface area contributed by atoms with Crippen LogP contribution in [0.4, 0.5) is 5.82 Å². The first-order valence-corrected chi connectivity index (χ1v) is 8.84. The molecule has 1 aliphatic heterocycles. The molecule has 1 N–H and O–H groups in total. The highest BCUT2D eigenvalue weighted by Gasteiger charge is 2.23. The second-order valence-electron chi connectivity index (χ2n) is 6.96. The van der Waals surface area contributed by atoms with E-state index in [-0.39, 0.29) is 11.8 Å². The molecule has 0 spiro atoms. The molecule has 7 heteroatoms. The van der Waals surface area contributed by atoms with Gasteiger partial charge in [0, 0.05) is 23.9 Å². The minimum absolute atomic E-state index is 0.0366. The van der Waals surface area contributed by atoms with Crippen LogP contribution in [-0.2, 0) is 11.8 Å². The monoisotopic (exact) mass is 350 g/mol. The van der Waals surface area contributed by atoms with E-state index in [0.717, 1.165) is 48.1 Å². The van der Waals surface area contributed by atoms with E-state index in [9.17, 15) is 4.79 Å². The molecule has 4 rings (SSSR count). The van der Waals surface area contributed by atoms with Gasteiger partial charge in [0.1, 0.15) is 0 Å². The zero-order valence-electron chi connectivity index (χ0n) is 15.0. The molecule has 0 radical (unpaired) electrons. The lowest BCUT2D eigenvalue weighted by molar-refractivity contribution is -0.121. The molecule has 26 heavy (non-hydrogen) atoms. The Bertz CT molecular complexity index is 942. The van der Waals surface area contributed by atoms with Crippen LogP contribution in [0.15, 0.2) is 36.8 Å². The summed E-state index contributed by atoms with van der Waals surface area (Å²) in [6, 6.07) is 7.87. The summed E-state index contributed by atoms with van der Waals surface area (Å²) in [5, 5.41) is 12.3.